The number of rotatable bonds is 4. The van der Waals surface area contributed by atoms with E-state index in [-0.39, 0.29) is 18.0 Å². The molecule has 0 amide bonds. The molecule has 2 aromatic heterocycles. The minimum Gasteiger partial charge on any atom is -0.391 e. The second kappa shape index (κ2) is 6.32. The lowest BCUT2D eigenvalue weighted by Crippen LogP contribution is -2.35. The maximum absolute atomic E-state index is 13.6. The van der Waals surface area contributed by atoms with Gasteiger partial charge in [0.2, 0.25) is 0 Å². The summed E-state index contributed by atoms with van der Waals surface area (Å²) in [5, 5.41) is 12.9. The van der Waals surface area contributed by atoms with Crippen LogP contribution in [0.5, 0.6) is 0 Å². The fourth-order valence-electron chi connectivity index (χ4n) is 3.40. The van der Waals surface area contributed by atoms with Crippen molar-refractivity contribution in [3.63, 3.8) is 0 Å². The standard InChI is InChI=1S/C17H20FN5O/c18-14-8-19-3-1-15(14)22-12-5-11(6-12)16-7-17(21-10-20-16)23-4-2-13(24)9-23/h1,3,7-8,10-13,24H,2,4-6,9H2,(H,19,22)/t11?,12?,13-/m0/s1. The average Bonchev–Trinajstić information content (AvgIpc) is 2.99. The first-order chi connectivity index (χ1) is 11.7. The van der Waals surface area contributed by atoms with Gasteiger partial charge in [-0.05, 0) is 25.3 Å². The molecule has 2 aromatic rings. The maximum atomic E-state index is 13.6. The Morgan fingerprint density at radius 1 is 1.29 bits per heavy atom. The summed E-state index contributed by atoms with van der Waals surface area (Å²) in [6, 6.07) is 3.93. The van der Waals surface area contributed by atoms with Crippen LogP contribution in [0.25, 0.3) is 0 Å². The minimum absolute atomic E-state index is 0.249. The molecule has 0 unspecified atom stereocenters. The number of aliphatic hydroxyl groups is 1. The molecule has 2 aliphatic rings. The van der Waals surface area contributed by atoms with Crippen LogP contribution in [0.1, 0.15) is 30.9 Å². The van der Waals surface area contributed by atoms with Crippen molar-refractivity contribution in [3.8, 4) is 0 Å². The molecule has 7 heteroatoms. The van der Waals surface area contributed by atoms with Gasteiger partial charge >= 0.3 is 0 Å². The van der Waals surface area contributed by atoms with Gasteiger partial charge in [0.05, 0.1) is 18.0 Å². The largest absolute Gasteiger partial charge is 0.391 e. The molecule has 126 valence electrons. The molecule has 2 N–H and O–H groups in total. The zero-order valence-electron chi connectivity index (χ0n) is 13.3. The molecule has 2 fully saturated rings. The zero-order chi connectivity index (χ0) is 16.5. The van der Waals surface area contributed by atoms with Gasteiger partial charge in [-0.3, -0.25) is 4.98 Å². The second-order valence-corrected chi connectivity index (χ2v) is 6.55. The van der Waals surface area contributed by atoms with E-state index in [1.165, 1.54) is 6.20 Å². The molecule has 24 heavy (non-hydrogen) atoms. The zero-order valence-corrected chi connectivity index (χ0v) is 13.3. The maximum Gasteiger partial charge on any atom is 0.164 e. The van der Waals surface area contributed by atoms with Crippen LogP contribution in [0.15, 0.2) is 30.9 Å². The monoisotopic (exact) mass is 329 g/mol. The van der Waals surface area contributed by atoms with Crippen molar-refractivity contribution in [1.29, 1.82) is 0 Å². The fraction of sp³-hybridized carbons (Fsp3) is 0.471. The third-order valence-corrected chi connectivity index (χ3v) is 4.85. The van der Waals surface area contributed by atoms with Gasteiger partial charge in [-0.25, -0.2) is 14.4 Å². The van der Waals surface area contributed by atoms with Crippen molar-refractivity contribution in [1.82, 2.24) is 15.0 Å². The average molecular weight is 329 g/mol. The van der Waals surface area contributed by atoms with Crippen molar-refractivity contribution < 1.29 is 9.50 Å². The summed E-state index contributed by atoms with van der Waals surface area (Å²) in [6.45, 7) is 1.46. The highest BCUT2D eigenvalue weighted by Gasteiger charge is 2.32. The normalized spacial score (nSPS) is 26.2. The number of aliphatic hydroxyl groups excluding tert-OH is 1. The van der Waals surface area contributed by atoms with Gasteiger partial charge in [-0.1, -0.05) is 0 Å². The Hall–Kier alpha value is -2.28. The highest BCUT2D eigenvalue weighted by atomic mass is 19.1. The van der Waals surface area contributed by atoms with E-state index in [0.29, 0.717) is 18.2 Å². The highest BCUT2D eigenvalue weighted by Crippen LogP contribution is 2.38. The molecule has 6 nitrogen and oxygen atoms in total. The van der Waals surface area contributed by atoms with Gasteiger partial charge in [0.1, 0.15) is 12.1 Å². The lowest BCUT2D eigenvalue weighted by molar-refractivity contribution is 0.198. The van der Waals surface area contributed by atoms with Gasteiger partial charge in [0.25, 0.3) is 0 Å². The predicted octanol–water partition coefficient (Wildman–Crippen LogP) is 1.94. The van der Waals surface area contributed by atoms with E-state index in [2.05, 4.69) is 25.2 Å². The number of β-amino-alcohol motifs (C(OH)–C–C–N with tert-alkyl or cyclic N) is 1. The van der Waals surface area contributed by atoms with Crippen molar-refractivity contribution in [3.05, 3.63) is 42.4 Å². The summed E-state index contributed by atoms with van der Waals surface area (Å²) in [5.74, 6) is 0.924. The van der Waals surface area contributed by atoms with Crippen LogP contribution in [-0.2, 0) is 0 Å². The molecule has 1 saturated carbocycles. The van der Waals surface area contributed by atoms with Gasteiger partial charge in [0, 0.05) is 43.0 Å². The quantitative estimate of drug-likeness (QED) is 0.893. The summed E-state index contributed by atoms with van der Waals surface area (Å²) in [6.07, 6.45) is 6.76. The number of nitrogens with zero attached hydrogens (tertiary/aromatic N) is 4. The molecule has 1 atom stereocenters. The van der Waals surface area contributed by atoms with Gasteiger partial charge in [-0.15, -0.1) is 0 Å². The molecule has 0 bridgehead atoms. The first-order valence-corrected chi connectivity index (χ1v) is 8.30. The number of nitrogens with one attached hydrogen (secondary N) is 1. The van der Waals surface area contributed by atoms with Crippen LogP contribution in [0.4, 0.5) is 15.9 Å². The van der Waals surface area contributed by atoms with Gasteiger partial charge < -0.3 is 15.3 Å². The Morgan fingerprint density at radius 2 is 2.17 bits per heavy atom. The molecule has 1 aliphatic carbocycles. The predicted molar refractivity (Wildman–Crippen MR) is 88.4 cm³/mol. The first kappa shape index (κ1) is 15.3. The number of halogens is 1. The van der Waals surface area contributed by atoms with Crippen molar-refractivity contribution in [2.45, 2.75) is 37.3 Å². The third-order valence-electron chi connectivity index (χ3n) is 4.85. The van der Waals surface area contributed by atoms with E-state index in [1.54, 1.807) is 18.6 Å². The lowest BCUT2D eigenvalue weighted by Gasteiger charge is -2.36. The van der Waals surface area contributed by atoms with E-state index < -0.39 is 0 Å². The van der Waals surface area contributed by atoms with E-state index in [4.69, 9.17) is 0 Å². The number of pyridine rings is 1. The third kappa shape index (κ3) is 3.03. The van der Waals surface area contributed by atoms with E-state index in [0.717, 1.165) is 37.3 Å². The van der Waals surface area contributed by atoms with Gasteiger partial charge in [-0.2, -0.15) is 0 Å². The van der Waals surface area contributed by atoms with E-state index >= 15 is 0 Å². The van der Waals surface area contributed by atoms with Crippen molar-refractivity contribution in [2.75, 3.05) is 23.3 Å². The van der Waals surface area contributed by atoms with Crippen LogP contribution in [0.3, 0.4) is 0 Å². The van der Waals surface area contributed by atoms with Gasteiger partial charge in [0.15, 0.2) is 5.82 Å². The molecular formula is C17H20FN5O. The summed E-state index contributed by atoms with van der Waals surface area (Å²) in [7, 11) is 0. The molecule has 0 aromatic carbocycles. The molecular weight excluding hydrogens is 309 g/mol. The molecule has 0 spiro atoms. The Balaban J connectivity index is 1.38. The Bertz CT molecular complexity index is 722. The molecule has 0 radical (unpaired) electrons. The van der Waals surface area contributed by atoms with Crippen LogP contribution in [0, 0.1) is 5.82 Å². The van der Waals surface area contributed by atoms with E-state index in [1.807, 2.05) is 6.07 Å². The topological polar surface area (TPSA) is 74.2 Å². The van der Waals surface area contributed by atoms with Crippen LogP contribution in [-0.4, -0.2) is 45.3 Å². The number of aromatic nitrogens is 3. The fourth-order valence-corrected chi connectivity index (χ4v) is 3.40. The second-order valence-electron chi connectivity index (χ2n) is 6.55. The highest BCUT2D eigenvalue weighted by molar-refractivity contribution is 5.45. The summed E-state index contributed by atoms with van der Waals surface area (Å²) >= 11 is 0. The smallest absolute Gasteiger partial charge is 0.164 e. The minimum atomic E-state index is -0.321. The summed E-state index contributed by atoms with van der Waals surface area (Å²) in [4.78, 5) is 14.6. The molecule has 1 saturated heterocycles. The summed E-state index contributed by atoms with van der Waals surface area (Å²) in [5.41, 5.74) is 1.53. The molecule has 4 rings (SSSR count). The van der Waals surface area contributed by atoms with Crippen LogP contribution < -0.4 is 10.2 Å². The lowest BCUT2D eigenvalue weighted by atomic mass is 9.78. The Morgan fingerprint density at radius 3 is 2.92 bits per heavy atom. The van der Waals surface area contributed by atoms with Crippen LogP contribution >= 0.6 is 0 Å². The van der Waals surface area contributed by atoms with E-state index in [9.17, 15) is 9.50 Å². The molecule has 1 aliphatic heterocycles. The summed E-state index contributed by atoms with van der Waals surface area (Å²) < 4.78 is 13.6. The van der Waals surface area contributed by atoms with Crippen LogP contribution in [0.2, 0.25) is 0 Å². The van der Waals surface area contributed by atoms with Crippen molar-refractivity contribution in [2.24, 2.45) is 0 Å². The Kier molecular flexibility index (Phi) is 4.02. The number of hydrogen-bond acceptors (Lipinski definition) is 6. The first-order valence-electron chi connectivity index (χ1n) is 8.30. The number of hydrogen-bond donors (Lipinski definition) is 2. The molecule has 3 heterocycles. The number of anilines is 2. The Labute approximate surface area is 139 Å². The van der Waals surface area contributed by atoms with Crippen molar-refractivity contribution >= 4 is 11.5 Å². The SMILES string of the molecule is O[C@H]1CCN(c2cc(C3CC(Nc4ccncc4F)C3)ncn2)C1.